The molecule has 0 aliphatic rings. The van der Waals surface area contributed by atoms with Crippen molar-refractivity contribution >= 4 is 34.1 Å². The lowest BCUT2D eigenvalue weighted by Gasteiger charge is -2.07. The molecule has 0 radical (unpaired) electrons. The van der Waals surface area contributed by atoms with Crippen LogP contribution in [-0.4, -0.2) is 25.4 Å². The van der Waals surface area contributed by atoms with Gasteiger partial charge in [0.2, 0.25) is 0 Å². The van der Waals surface area contributed by atoms with Crippen LogP contribution in [0.1, 0.15) is 16.7 Å². The molecule has 0 unspecified atom stereocenters. The SMILES string of the molecule is C=Cc1c(C=NC)cc2c([nH]c3ccc(OC)cc32)c1C. The van der Waals surface area contributed by atoms with Crippen molar-refractivity contribution in [3.63, 3.8) is 0 Å². The van der Waals surface area contributed by atoms with Gasteiger partial charge in [0, 0.05) is 35.1 Å². The van der Waals surface area contributed by atoms with Gasteiger partial charge in [-0.05, 0) is 42.3 Å². The molecule has 0 fully saturated rings. The molecule has 0 atom stereocenters. The second kappa shape index (κ2) is 5.09. The van der Waals surface area contributed by atoms with Crippen LogP contribution in [0.2, 0.25) is 0 Å². The summed E-state index contributed by atoms with van der Waals surface area (Å²) >= 11 is 0. The zero-order chi connectivity index (χ0) is 15.0. The molecule has 0 aliphatic heterocycles. The smallest absolute Gasteiger partial charge is 0.119 e. The van der Waals surface area contributed by atoms with Gasteiger partial charge in [0.1, 0.15) is 5.75 Å². The predicted octanol–water partition coefficient (Wildman–Crippen LogP) is 4.33. The van der Waals surface area contributed by atoms with Gasteiger partial charge < -0.3 is 9.72 Å². The van der Waals surface area contributed by atoms with Gasteiger partial charge in [0.15, 0.2) is 0 Å². The van der Waals surface area contributed by atoms with Gasteiger partial charge in [-0.3, -0.25) is 4.99 Å². The topological polar surface area (TPSA) is 37.4 Å². The van der Waals surface area contributed by atoms with E-state index in [0.717, 1.165) is 33.3 Å². The van der Waals surface area contributed by atoms with Crippen LogP contribution in [0.15, 0.2) is 35.8 Å². The summed E-state index contributed by atoms with van der Waals surface area (Å²) in [5, 5.41) is 2.34. The summed E-state index contributed by atoms with van der Waals surface area (Å²) in [5.74, 6) is 0.861. The highest BCUT2D eigenvalue weighted by Crippen LogP contribution is 2.33. The molecule has 21 heavy (non-hydrogen) atoms. The van der Waals surface area contributed by atoms with Crippen molar-refractivity contribution < 1.29 is 4.74 Å². The summed E-state index contributed by atoms with van der Waals surface area (Å²) in [6.07, 6.45) is 3.76. The lowest BCUT2D eigenvalue weighted by Crippen LogP contribution is -1.92. The van der Waals surface area contributed by atoms with Crippen LogP contribution in [-0.2, 0) is 0 Å². The van der Waals surface area contributed by atoms with Crippen LogP contribution in [0.5, 0.6) is 5.75 Å². The molecular formula is C18H18N2O. The van der Waals surface area contributed by atoms with Crippen molar-refractivity contribution in [2.45, 2.75) is 6.92 Å². The molecule has 0 spiro atoms. The van der Waals surface area contributed by atoms with Gasteiger partial charge in [-0.25, -0.2) is 0 Å². The van der Waals surface area contributed by atoms with Crippen molar-refractivity contribution in [3.8, 4) is 5.75 Å². The van der Waals surface area contributed by atoms with Crippen molar-refractivity contribution in [3.05, 3.63) is 47.5 Å². The van der Waals surface area contributed by atoms with E-state index in [1.54, 1.807) is 14.2 Å². The molecule has 0 bridgehead atoms. The zero-order valence-electron chi connectivity index (χ0n) is 12.5. The number of aromatic nitrogens is 1. The predicted molar refractivity (Wildman–Crippen MR) is 90.7 cm³/mol. The summed E-state index contributed by atoms with van der Waals surface area (Å²) in [5.41, 5.74) is 5.64. The minimum atomic E-state index is 0.861. The Morgan fingerprint density at radius 2 is 2.05 bits per heavy atom. The molecule has 0 amide bonds. The number of aryl methyl sites for hydroxylation is 1. The van der Waals surface area contributed by atoms with E-state index in [0.29, 0.717) is 0 Å². The number of H-pyrrole nitrogens is 1. The fourth-order valence-electron chi connectivity index (χ4n) is 2.87. The maximum Gasteiger partial charge on any atom is 0.119 e. The molecule has 1 aromatic heterocycles. The molecule has 0 aliphatic carbocycles. The lowest BCUT2D eigenvalue weighted by molar-refractivity contribution is 0.415. The Kier molecular flexibility index (Phi) is 3.26. The zero-order valence-corrected chi connectivity index (χ0v) is 12.5. The Morgan fingerprint density at radius 1 is 1.24 bits per heavy atom. The molecule has 3 rings (SSSR count). The Hall–Kier alpha value is -2.55. The molecule has 2 aromatic carbocycles. The van der Waals surface area contributed by atoms with Crippen molar-refractivity contribution in [2.75, 3.05) is 14.2 Å². The second-order valence-corrected chi connectivity index (χ2v) is 5.05. The average Bonchev–Trinajstić information content (AvgIpc) is 2.86. The first-order valence-corrected chi connectivity index (χ1v) is 6.87. The van der Waals surface area contributed by atoms with E-state index in [9.17, 15) is 0 Å². The number of fused-ring (bicyclic) bond motifs is 3. The summed E-state index contributed by atoms with van der Waals surface area (Å²) < 4.78 is 5.34. The molecule has 1 heterocycles. The lowest BCUT2D eigenvalue weighted by atomic mass is 9.98. The van der Waals surface area contributed by atoms with Crippen LogP contribution in [0.3, 0.4) is 0 Å². The van der Waals surface area contributed by atoms with E-state index in [1.807, 2.05) is 18.4 Å². The fourth-order valence-corrected chi connectivity index (χ4v) is 2.87. The first-order valence-electron chi connectivity index (χ1n) is 6.87. The number of aromatic amines is 1. The molecule has 1 N–H and O–H groups in total. The Morgan fingerprint density at radius 3 is 2.71 bits per heavy atom. The third kappa shape index (κ3) is 2.02. The minimum absolute atomic E-state index is 0.861. The first kappa shape index (κ1) is 13.4. The number of ether oxygens (including phenoxy) is 1. The number of methoxy groups -OCH3 is 1. The summed E-state index contributed by atoms with van der Waals surface area (Å²) in [7, 11) is 3.47. The van der Waals surface area contributed by atoms with Gasteiger partial charge in [-0.2, -0.15) is 0 Å². The summed E-state index contributed by atoms with van der Waals surface area (Å²) in [6.45, 7) is 6.04. The third-order valence-electron chi connectivity index (χ3n) is 3.91. The monoisotopic (exact) mass is 278 g/mol. The fraction of sp³-hybridized carbons (Fsp3) is 0.167. The number of rotatable bonds is 3. The number of hydrogen-bond donors (Lipinski definition) is 1. The second-order valence-electron chi connectivity index (χ2n) is 5.05. The third-order valence-corrected chi connectivity index (χ3v) is 3.91. The molecule has 0 saturated heterocycles. The molecule has 106 valence electrons. The first-order chi connectivity index (χ1) is 10.2. The Bertz CT molecular complexity index is 872. The van der Waals surface area contributed by atoms with Crippen molar-refractivity contribution in [1.29, 1.82) is 0 Å². The summed E-state index contributed by atoms with van der Waals surface area (Å²) in [4.78, 5) is 7.65. The van der Waals surface area contributed by atoms with Crippen LogP contribution in [0.4, 0.5) is 0 Å². The van der Waals surface area contributed by atoms with Crippen LogP contribution in [0, 0.1) is 6.92 Å². The largest absolute Gasteiger partial charge is 0.497 e. The molecular weight excluding hydrogens is 260 g/mol. The maximum atomic E-state index is 5.34. The minimum Gasteiger partial charge on any atom is -0.497 e. The van der Waals surface area contributed by atoms with E-state index in [1.165, 1.54) is 10.9 Å². The van der Waals surface area contributed by atoms with Gasteiger partial charge in [-0.15, -0.1) is 0 Å². The van der Waals surface area contributed by atoms with E-state index < -0.39 is 0 Å². The van der Waals surface area contributed by atoms with E-state index in [2.05, 4.69) is 41.7 Å². The summed E-state index contributed by atoms with van der Waals surface area (Å²) in [6, 6.07) is 8.24. The highest BCUT2D eigenvalue weighted by molar-refractivity contribution is 6.11. The molecule has 3 nitrogen and oxygen atoms in total. The number of hydrogen-bond acceptors (Lipinski definition) is 2. The average molecular weight is 278 g/mol. The van der Waals surface area contributed by atoms with Crippen LogP contribution >= 0.6 is 0 Å². The van der Waals surface area contributed by atoms with Gasteiger partial charge in [0.05, 0.1) is 12.6 Å². The quantitative estimate of drug-likeness (QED) is 0.711. The highest BCUT2D eigenvalue weighted by atomic mass is 16.5. The number of benzene rings is 2. The molecule has 0 saturated carbocycles. The highest BCUT2D eigenvalue weighted by Gasteiger charge is 2.12. The molecule has 3 aromatic rings. The van der Waals surface area contributed by atoms with Gasteiger partial charge >= 0.3 is 0 Å². The molecule has 3 heteroatoms. The Balaban J connectivity index is 2.46. The van der Waals surface area contributed by atoms with Gasteiger partial charge in [0.25, 0.3) is 0 Å². The number of nitrogens with zero attached hydrogens (tertiary/aromatic N) is 1. The number of nitrogens with one attached hydrogen (secondary N) is 1. The van der Waals surface area contributed by atoms with Gasteiger partial charge in [-0.1, -0.05) is 12.7 Å². The van der Waals surface area contributed by atoms with E-state index >= 15 is 0 Å². The number of aliphatic imine (C=N–C) groups is 1. The maximum absolute atomic E-state index is 5.34. The van der Waals surface area contributed by atoms with Crippen LogP contribution < -0.4 is 4.74 Å². The Labute approximate surface area is 124 Å². The van der Waals surface area contributed by atoms with Crippen molar-refractivity contribution in [1.82, 2.24) is 4.98 Å². The van der Waals surface area contributed by atoms with Crippen LogP contribution in [0.25, 0.3) is 27.9 Å². The van der Waals surface area contributed by atoms with Crippen molar-refractivity contribution in [2.24, 2.45) is 4.99 Å². The van der Waals surface area contributed by atoms with E-state index in [-0.39, 0.29) is 0 Å². The standard InChI is InChI=1S/C18H18N2O/c1-5-14-11(2)18-16(8-12(14)10-19-3)15-9-13(21-4)6-7-17(15)20-18/h5-10,20H,1H2,2-4H3. The normalized spacial score (nSPS) is 11.6. The van der Waals surface area contributed by atoms with E-state index in [4.69, 9.17) is 4.74 Å².